The second-order valence-corrected chi connectivity index (χ2v) is 6.69. The fourth-order valence-electron chi connectivity index (χ4n) is 3.50. The van der Waals surface area contributed by atoms with Crippen LogP contribution in [-0.4, -0.2) is 30.6 Å². The van der Waals surface area contributed by atoms with Gasteiger partial charge in [0, 0.05) is 36.1 Å². The monoisotopic (exact) mass is 361 g/mol. The summed E-state index contributed by atoms with van der Waals surface area (Å²) in [5, 5.41) is 0.362. The molecule has 1 heterocycles. The molecule has 2 aromatic rings. The number of carbonyl (C=O) groups is 1. The van der Waals surface area contributed by atoms with Gasteiger partial charge in [0.1, 0.15) is 5.82 Å². The Morgan fingerprint density at radius 2 is 1.96 bits per heavy atom. The van der Waals surface area contributed by atoms with E-state index in [1.165, 1.54) is 6.07 Å². The van der Waals surface area contributed by atoms with E-state index in [-0.39, 0.29) is 17.7 Å². The molecule has 0 saturated carbocycles. The SMILES string of the molecule is CCOC(=O)[C@H]1CN(Cc2ccccc2)C[C@@H]1c1c(F)cccc1Cl. The number of nitrogens with zero attached hydrogens (tertiary/aromatic N) is 1. The molecule has 3 rings (SSSR count). The van der Waals surface area contributed by atoms with E-state index in [2.05, 4.69) is 4.90 Å². The maximum absolute atomic E-state index is 14.4. The second kappa shape index (κ2) is 7.98. The number of hydrogen-bond acceptors (Lipinski definition) is 3. The maximum Gasteiger partial charge on any atom is 0.310 e. The van der Waals surface area contributed by atoms with Crippen molar-refractivity contribution in [1.82, 2.24) is 4.90 Å². The van der Waals surface area contributed by atoms with E-state index in [4.69, 9.17) is 16.3 Å². The van der Waals surface area contributed by atoms with Gasteiger partial charge in [-0.1, -0.05) is 48.0 Å². The molecule has 0 amide bonds. The Bertz CT molecular complexity index is 717. The van der Waals surface area contributed by atoms with Crippen LogP contribution in [0.15, 0.2) is 48.5 Å². The topological polar surface area (TPSA) is 29.5 Å². The lowest BCUT2D eigenvalue weighted by Gasteiger charge is -2.19. The van der Waals surface area contributed by atoms with E-state index in [0.29, 0.717) is 36.8 Å². The van der Waals surface area contributed by atoms with Crippen molar-refractivity contribution < 1.29 is 13.9 Å². The van der Waals surface area contributed by atoms with E-state index in [0.717, 1.165) is 5.56 Å². The highest BCUT2D eigenvalue weighted by molar-refractivity contribution is 6.31. The van der Waals surface area contributed by atoms with Gasteiger partial charge in [0.15, 0.2) is 0 Å². The normalized spacial score (nSPS) is 20.6. The van der Waals surface area contributed by atoms with E-state index < -0.39 is 5.92 Å². The zero-order valence-electron chi connectivity index (χ0n) is 14.1. The van der Waals surface area contributed by atoms with E-state index in [1.807, 2.05) is 30.3 Å². The molecule has 0 spiro atoms. The van der Waals surface area contributed by atoms with Crippen molar-refractivity contribution in [2.24, 2.45) is 5.92 Å². The highest BCUT2D eigenvalue weighted by atomic mass is 35.5. The molecule has 0 N–H and O–H groups in total. The summed E-state index contributed by atoms with van der Waals surface area (Å²) in [6.07, 6.45) is 0. The van der Waals surface area contributed by atoms with E-state index in [9.17, 15) is 9.18 Å². The Labute approximate surface area is 152 Å². The second-order valence-electron chi connectivity index (χ2n) is 6.28. The molecule has 0 aliphatic carbocycles. The summed E-state index contributed by atoms with van der Waals surface area (Å²) >= 11 is 6.25. The first kappa shape index (κ1) is 17.9. The number of halogens is 2. The van der Waals surface area contributed by atoms with Crippen molar-refractivity contribution in [1.29, 1.82) is 0 Å². The molecule has 0 unspecified atom stereocenters. The molecule has 25 heavy (non-hydrogen) atoms. The summed E-state index contributed by atoms with van der Waals surface area (Å²) in [4.78, 5) is 14.6. The predicted molar refractivity (Wildman–Crippen MR) is 96.0 cm³/mol. The van der Waals surface area contributed by atoms with Crippen LogP contribution in [0, 0.1) is 11.7 Å². The molecule has 2 aromatic carbocycles. The van der Waals surface area contributed by atoms with Crippen LogP contribution >= 0.6 is 11.6 Å². The molecular formula is C20H21ClFNO2. The number of esters is 1. The fourth-order valence-corrected chi connectivity index (χ4v) is 3.80. The van der Waals surface area contributed by atoms with Gasteiger partial charge in [-0.05, 0) is 24.6 Å². The average Bonchev–Trinajstić information content (AvgIpc) is 2.99. The summed E-state index contributed by atoms with van der Waals surface area (Å²) < 4.78 is 19.6. The van der Waals surface area contributed by atoms with E-state index in [1.54, 1.807) is 19.1 Å². The van der Waals surface area contributed by atoms with Crippen LogP contribution in [0.4, 0.5) is 4.39 Å². The Morgan fingerprint density at radius 3 is 2.64 bits per heavy atom. The summed E-state index contributed by atoms with van der Waals surface area (Å²) in [7, 11) is 0. The van der Waals surface area contributed by atoms with Crippen LogP contribution in [-0.2, 0) is 16.1 Å². The molecular weight excluding hydrogens is 341 g/mol. The molecule has 1 aliphatic rings. The van der Waals surface area contributed by atoms with Gasteiger partial charge in [-0.2, -0.15) is 0 Å². The summed E-state index contributed by atoms with van der Waals surface area (Å²) in [5.74, 6) is -1.38. The molecule has 0 aromatic heterocycles. The number of benzene rings is 2. The largest absolute Gasteiger partial charge is 0.466 e. The number of ether oxygens (including phenoxy) is 1. The average molecular weight is 362 g/mol. The molecule has 1 aliphatic heterocycles. The highest BCUT2D eigenvalue weighted by Gasteiger charge is 2.41. The van der Waals surface area contributed by atoms with Crippen molar-refractivity contribution in [2.45, 2.75) is 19.4 Å². The molecule has 1 saturated heterocycles. The first-order valence-electron chi connectivity index (χ1n) is 8.47. The van der Waals surface area contributed by atoms with Crippen LogP contribution in [0.3, 0.4) is 0 Å². The number of hydrogen-bond donors (Lipinski definition) is 0. The van der Waals surface area contributed by atoms with Gasteiger partial charge in [0.05, 0.1) is 12.5 Å². The summed E-state index contributed by atoms with van der Waals surface area (Å²) in [6, 6.07) is 14.7. The van der Waals surface area contributed by atoms with Crippen LogP contribution < -0.4 is 0 Å². The third kappa shape index (κ3) is 4.02. The number of likely N-dealkylation sites (tertiary alicyclic amines) is 1. The van der Waals surface area contributed by atoms with Crippen LogP contribution in [0.1, 0.15) is 24.0 Å². The standard InChI is InChI=1S/C20H21ClFNO2/c1-2-25-20(24)16-13-23(11-14-7-4-3-5-8-14)12-15(16)19-17(21)9-6-10-18(19)22/h3-10,15-16H,2,11-13H2,1H3/t15-,16-/m0/s1. The molecule has 1 fully saturated rings. The Kier molecular flexibility index (Phi) is 5.71. The molecule has 2 atom stereocenters. The fraction of sp³-hybridized carbons (Fsp3) is 0.350. The van der Waals surface area contributed by atoms with Crippen LogP contribution in [0.5, 0.6) is 0 Å². The van der Waals surface area contributed by atoms with Gasteiger partial charge in [-0.15, -0.1) is 0 Å². The number of rotatable bonds is 5. The Hall–Kier alpha value is -1.91. The molecule has 0 radical (unpaired) electrons. The Balaban J connectivity index is 1.87. The van der Waals surface area contributed by atoms with Gasteiger partial charge in [-0.3, -0.25) is 9.69 Å². The minimum absolute atomic E-state index is 0.289. The van der Waals surface area contributed by atoms with Gasteiger partial charge in [-0.25, -0.2) is 4.39 Å². The van der Waals surface area contributed by atoms with Crippen LogP contribution in [0.2, 0.25) is 5.02 Å². The van der Waals surface area contributed by atoms with Crippen LogP contribution in [0.25, 0.3) is 0 Å². The first-order chi connectivity index (χ1) is 12.1. The predicted octanol–water partition coefficient (Wildman–Crippen LogP) is 4.26. The lowest BCUT2D eigenvalue weighted by molar-refractivity contribution is -0.148. The summed E-state index contributed by atoms with van der Waals surface area (Å²) in [5.41, 5.74) is 1.57. The van der Waals surface area contributed by atoms with Crippen molar-refractivity contribution in [2.75, 3.05) is 19.7 Å². The summed E-state index contributed by atoms with van der Waals surface area (Å²) in [6.45, 7) is 3.90. The maximum atomic E-state index is 14.4. The third-order valence-corrected chi connectivity index (χ3v) is 4.93. The van der Waals surface area contributed by atoms with Gasteiger partial charge < -0.3 is 4.74 Å². The minimum Gasteiger partial charge on any atom is -0.466 e. The Morgan fingerprint density at radius 1 is 1.20 bits per heavy atom. The first-order valence-corrected chi connectivity index (χ1v) is 8.84. The quantitative estimate of drug-likeness (QED) is 0.745. The van der Waals surface area contributed by atoms with Crippen molar-refractivity contribution in [3.8, 4) is 0 Å². The molecule has 5 heteroatoms. The zero-order chi connectivity index (χ0) is 17.8. The van der Waals surface area contributed by atoms with E-state index >= 15 is 0 Å². The molecule has 0 bridgehead atoms. The van der Waals surface area contributed by atoms with Gasteiger partial charge in [0.25, 0.3) is 0 Å². The molecule has 132 valence electrons. The zero-order valence-corrected chi connectivity index (χ0v) is 14.9. The number of carbonyl (C=O) groups excluding carboxylic acids is 1. The van der Waals surface area contributed by atoms with Crippen molar-refractivity contribution in [3.63, 3.8) is 0 Å². The van der Waals surface area contributed by atoms with Gasteiger partial charge in [0.2, 0.25) is 0 Å². The minimum atomic E-state index is -0.418. The highest BCUT2D eigenvalue weighted by Crippen LogP contribution is 2.39. The van der Waals surface area contributed by atoms with Crippen molar-refractivity contribution >= 4 is 17.6 Å². The lowest BCUT2D eigenvalue weighted by Crippen LogP contribution is -2.25. The molecule has 3 nitrogen and oxygen atoms in total. The van der Waals surface area contributed by atoms with Gasteiger partial charge >= 0.3 is 5.97 Å². The third-order valence-electron chi connectivity index (χ3n) is 4.60. The smallest absolute Gasteiger partial charge is 0.310 e. The van der Waals surface area contributed by atoms with Crippen molar-refractivity contribution in [3.05, 3.63) is 70.5 Å². The lowest BCUT2D eigenvalue weighted by atomic mass is 9.88.